The molecule has 2 heteroatoms. The first-order valence-corrected chi connectivity index (χ1v) is 17.2. The highest BCUT2D eigenvalue weighted by molar-refractivity contribution is 7.25. The third-order valence-corrected chi connectivity index (χ3v) is 12.3. The Kier molecular flexibility index (Phi) is 5.51. The topological polar surface area (TPSA) is 3.24 Å². The lowest BCUT2D eigenvalue weighted by Gasteiger charge is -2.37. The van der Waals surface area contributed by atoms with E-state index in [1.807, 2.05) is 11.3 Å². The van der Waals surface area contributed by atoms with Gasteiger partial charge in [-0.05, 0) is 107 Å². The number of rotatable bonds is 4. The molecule has 1 nitrogen and oxygen atoms in total. The summed E-state index contributed by atoms with van der Waals surface area (Å²) in [6.45, 7) is 0. The van der Waals surface area contributed by atoms with E-state index >= 15 is 0 Å². The molecule has 2 fully saturated rings. The average Bonchev–Trinajstić information content (AvgIpc) is 3.87. The molecule has 45 heavy (non-hydrogen) atoms. The molecule has 0 radical (unpaired) electrons. The van der Waals surface area contributed by atoms with Gasteiger partial charge in [-0.3, -0.25) is 0 Å². The van der Waals surface area contributed by atoms with Crippen molar-refractivity contribution in [2.24, 2.45) is 11.8 Å². The first-order valence-electron chi connectivity index (χ1n) is 16.4. The molecule has 3 aliphatic carbocycles. The van der Waals surface area contributed by atoms with E-state index < -0.39 is 0 Å². The number of anilines is 3. The molecule has 0 saturated heterocycles. The van der Waals surface area contributed by atoms with E-state index in [0.717, 1.165) is 11.8 Å². The highest BCUT2D eigenvalue weighted by atomic mass is 32.1. The molecule has 0 N–H and O–H groups in total. The Balaban J connectivity index is 1.16. The largest absolute Gasteiger partial charge is 0.310 e. The maximum Gasteiger partial charge on any atom is 0.0476 e. The van der Waals surface area contributed by atoms with Crippen molar-refractivity contribution in [2.45, 2.75) is 31.1 Å². The summed E-state index contributed by atoms with van der Waals surface area (Å²) < 4.78 is 2.68. The van der Waals surface area contributed by atoms with Crippen LogP contribution in [0, 0.1) is 11.8 Å². The first kappa shape index (κ1) is 25.6. The molecule has 3 aliphatic rings. The van der Waals surface area contributed by atoms with Gasteiger partial charge in [0.2, 0.25) is 0 Å². The second-order valence-corrected chi connectivity index (χ2v) is 14.4. The van der Waals surface area contributed by atoms with Gasteiger partial charge in [-0.2, -0.15) is 0 Å². The van der Waals surface area contributed by atoms with Crippen LogP contribution in [0.1, 0.15) is 36.8 Å². The van der Waals surface area contributed by atoms with Gasteiger partial charge in [0.15, 0.2) is 0 Å². The Morgan fingerprint density at radius 2 is 1.22 bits per heavy atom. The lowest BCUT2D eigenvalue weighted by atomic mass is 9.67. The van der Waals surface area contributed by atoms with Gasteiger partial charge in [-0.25, -0.2) is 0 Å². The van der Waals surface area contributed by atoms with Crippen LogP contribution in [0.4, 0.5) is 17.1 Å². The molecule has 0 amide bonds. The molecule has 0 aliphatic heterocycles. The van der Waals surface area contributed by atoms with E-state index in [-0.39, 0.29) is 5.41 Å². The second kappa shape index (κ2) is 9.67. The van der Waals surface area contributed by atoms with Gasteiger partial charge in [0.05, 0.1) is 0 Å². The van der Waals surface area contributed by atoms with E-state index in [1.54, 1.807) is 11.1 Å². The van der Waals surface area contributed by atoms with E-state index in [4.69, 9.17) is 0 Å². The normalized spacial score (nSPS) is 21.1. The maximum absolute atomic E-state index is 2.57. The zero-order chi connectivity index (χ0) is 29.5. The van der Waals surface area contributed by atoms with Crippen molar-refractivity contribution in [3.05, 3.63) is 151 Å². The lowest BCUT2D eigenvalue weighted by Crippen LogP contribution is -2.32. The number of hydrogen-bond acceptors (Lipinski definition) is 2. The quantitative estimate of drug-likeness (QED) is 0.196. The van der Waals surface area contributed by atoms with Crippen LogP contribution < -0.4 is 4.90 Å². The third kappa shape index (κ3) is 3.73. The fourth-order valence-corrected chi connectivity index (χ4v) is 10.4. The summed E-state index contributed by atoms with van der Waals surface area (Å²) in [4.78, 5) is 2.49. The summed E-state index contributed by atoms with van der Waals surface area (Å²) in [6.07, 6.45) is 5.44. The third-order valence-electron chi connectivity index (χ3n) is 11.1. The van der Waals surface area contributed by atoms with Gasteiger partial charge in [-0.15, -0.1) is 11.3 Å². The van der Waals surface area contributed by atoms with Gasteiger partial charge in [0.25, 0.3) is 0 Å². The molecule has 3 atom stereocenters. The van der Waals surface area contributed by atoms with Crippen LogP contribution in [0.25, 0.3) is 42.4 Å². The van der Waals surface area contributed by atoms with Crippen LogP contribution in [0.3, 0.4) is 0 Å². The van der Waals surface area contributed by atoms with Crippen LogP contribution in [0.5, 0.6) is 0 Å². The van der Waals surface area contributed by atoms with Gasteiger partial charge < -0.3 is 4.90 Å². The van der Waals surface area contributed by atoms with E-state index in [0.29, 0.717) is 0 Å². The predicted molar refractivity (Wildman–Crippen MR) is 191 cm³/mol. The van der Waals surface area contributed by atoms with Crippen molar-refractivity contribution in [1.82, 2.24) is 0 Å². The first-order chi connectivity index (χ1) is 22.3. The molecule has 2 saturated carbocycles. The van der Waals surface area contributed by atoms with Crippen LogP contribution in [-0.2, 0) is 5.41 Å². The van der Waals surface area contributed by atoms with Crippen LogP contribution in [0.15, 0.2) is 140 Å². The molecule has 1 spiro atoms. The van der Waals surface area contributed by atoms with Gasteiger partial charge >= 0.3 is 0 Å². The Bertz CT molecular complexity index is 2240. The smallest absolute Gasteiger partial charge is 0.0476 e. The minimum absolute atomic E-state index is 0.156. The minimum Gasteiger partial charge on any atom is -0.310 e. The lowest BCUT2D eigenvalue weighted by molar-refractivity contribution is 0.327. The van der Waals surface area contributed by atoms with Gasteiger partial charge in [0.1, 0.15) is 0 Å². The van der Waals surface area contributed by atoms with Gasteiger partial charge in [0, 0.05) is 42.6 Å². The zero-order valence-corrected chi connectivity index (χ0v) is 25.9. The summed E-state index contributed by atoms with van der Waals surface area (Å²) >= 11 is 1.89. The molecule has 7 aromatic rings. The number of thiophene rings is 1. The van der Waals surface area contributed by atoms with Crippen molar-refractivity contribution in [3.63, 3.8) is 0 Å². The Morgan fingerprint density at radius 1 is 0.533 bits per heavy atom. The number of hydrogen-bond donors (Lipinski definition) is 0. The Labute approximate surface area is 268 Å². The summed E-state index contributed by atoms with van der Waals surface area (Å²) in [5, 5.41) is 2.68. The summed E-state index contributed by atoms with van der Waals surface area (Å²) in [6, 6.07) is 52.3. The molecule has 10 rings (SSSR count). The molecule has 3 unspecified atom stereocenters. The van der Waals surface area contributed by atoms with Crippen molar-refractivity contribution >= 4 is 48.6 Å². The highest BCUT2D eigenvalue weighted by Gasteiger charge is 2.56. The second-order valence-electron chi connectivity index (χ2n) is 13.4. The zero-order valence-electron chi connectivity index (χ0n) is 25.1. The number of nitrogens with zero attached hydrogens (tertiary/aromatic N) is 1. The summed E-state index contributed by atoms with van der Waals surface area (Å²) in [7, 11) is 0. The predicted octanol–water partition coefficient (Wildman–Crippen LogP) is 12.3. The molecule has 1 heterocycles. The minimum atomic E-state index is 0.156. The van der Waals surface area contributed by atoms with Crippen LogP contribution in [0.2, 0.25) is 0 Å². The Morgan fingerprint density at radius 3 is 2.07 bits per heavy atom. The van der Waals surface area contributed by atoms with E-state index in [2.05, 4.69) is 144 Å². The fourth-order valence-electron chi connectivity index (χ4n) is 9.25. The van der Waals surface area contributed by atoms with Crippen molar-refractivity contribution < 1.29 is 0 Å². The average molecular weight is 596 g/mol. The summed E-state index contributed by atoms with van der Waals surface area (Å²) in [5.74, 6) is 1.60. The van der Waals surface area contributed by atoms with Crippen LogP contribution in [-0.4, -0.2) is 0 Å². The fraction of sp³-hybridized carbons (Fsp3) is 0.163. The SMILES string of the molecule is c1ccc(-c2ccc(N(c3ccc4c(c3)C3(CC5CCC3C5)c3ccccc3-4)c3ccc4c(c3)sc3ccccc34)cc2)cc1. The standard InChI is InChI=1S/C43H33NS/c1-2-8-29(9-3-1)30-15-18-32(19-16-30)44(34-21-23-38-37-11-5-7-13-41(37)45-42(38)26-34)33-20-22-36-35-10-4-6-12-39(35)43(40(36)25-33)27-28-14-17-31(43)24-28/h1-13,15-16,18-23,25-26,28,31H,14,17,24,27H2. The van der Waals surface area contributed by atoms with E-state index in [1.165, 1.54) is 85.2 Å². The maximum atomic E-state index is 2.57. The number of benzene rings is 6. The van der Waals surface area contributed by atoms with Crippen molar-refractivity contribution in [1.29, 1.82) is 0 Å². The van der Waals surface area contributed by atoms with Crippen LogP contribution >= 0.6 is 11.3 Å². The van der Waals surface area contributed by atoms with Crippen molar-refractivity contribution in [2.75, 3.05) is 4.90 Å². The van der Waals surface area contributed by atoms with E-state index in [9.17, 15) is 0 Å². The monoisotopic (exact) mass is 595 g/mol. The molecule has 6 aromatic carbocycles. The molecule has 216 valence electrons. The number of fused-ring (bicyclic) bond motifs is 11. The molecule has 1 aromatic heterocycles. The van der Waals surface area contributed by atoms with Crippen molar-refractivity contribution in [3.8, 4) is 22.3 Å². The molecule has 2 bridgehead atoms. The molecular formula is C43H33NS. The Hall–Kier alpha value is -4.66. The highest BCUT2D eigenvalue weighted by Crippen LogP contribution is 2.66. The summed E-state index contributed by atoms with van der Waals surface area (Å²) in [5.41, 5.74) is 12.3. The van der Waals surface area contributed by atoms with Gasteiger partial charge in [-0.1, -0.05) is 103 Å². The molecular weight excluding hydrogens is 563 g/mol.